The average Bonchev–Trinajstić information content (AvgIpc) is 2.99. The van der Waals surface area contributed by atoms with Gasteiger partial charge in [-0.2, -0.15) is 0 Å². The summed E-state index contributed by atoms with van der Waals surface area (Å²) in [6.45, 7) is 9.29. The van der Waals surface area contributed by atoms with Gasteiger partial charge in [0.1, 0.15) is 11.8 Å². The number of benzene rings is 1. The summed E-state index contributed by atoms with van der Waals surface area (Å²) >= 11 is 0. The van der Waals surface area contributed by atoms with Gasteiger partial charge in [-0.1, -0.05) is 34.1 Å². The molecule has 0 aliphatic heterocycles. The van der Waals surface area contributed by atoms with E-state index in [9.17, 15) is 9.59 Å². The molecule has 1 atom stereocenters. The van der Waals surface area contributed by atoms with Crippen molar-refractivity contribution in [1.29, 1.82) is 0 Å². The molecule has 1 aromatic heterocycles. The Hall–Kier alpha value is -2.30. The van der Waals surface area contributed by atoms with Gasteiger partial charge in [0.15, 0.2) is 5.78 Å². The number of nitrogens with zero attached hydrogens (tertiary/aromatic N) is 1. The molecule has 0 spiro atoms. The van der Waals surface area contributed by atoms with Gasteiger partial charge in [-0.3, -0.25) is 9.59 Å². The molecular weight excluding hydrogens is 364 g/mol. The second kappa shape index (κ2) is 8.60. The number of nitrogens with one attached hydrogen (secondary N) is 1. The Labute approximate surface area is 173 Å². The van der Waals surface area contributed by atoms with Crippen molar-refractivity contribution in [3.8, 4) is 5.75 Å². The van der Waals surface area contributed by atoms with Crippen LogP contribution in [-0.2, 0) is 11.2 Å². The van der Waals surface area contributed by atoms with Gasteiger partial charge in [0.2, 0.25) is 5.91 Å². The van der Waals surface area contributed by atoms with E-state index in [-0.39, 0.29) is 23.1 Å². The quantitative estimate of drug-likeness (QED) is 0.709. The maximum absolute atomic E-state index is 13.2. The fourth-order valence-corrected chi connectivity index (χ4v) is 4.25. The van der Waals surface area contributed by atoms with E-state index in [2.05, 4.69) is 37.6 Å². The smallest absolute Gasteiger partial charge is 0.243 e. The number of Topliss-reactive ketones (excluding diaryl/α,β-unsaturated/α-hetero) is 1. The lowest BCUT2D eigenvalue weighted by Crippen LogP contribution is -2.35. The van der Waals surface area contributed by atoms with Crippen LogP contribution in [0.2, 0.25) is 0 Å². The van der Waals surface area contributed by atoms with Crippen LogP contribution in [0, 0.1) is 5.41 Å². The predicted octanol–water partition coefficient (Wildman–Crippen LogP) is 5.06. The molecule has 0 fully saturated rings. The average molecular weight is 399 g/mol. The summed E-state index contributed by atoms with van der Waals surface area (Å²) in [6.07, 6.45) is 4.80. The highest BCUT2D eigenvalue weighted by Gasteiger charge is 2.31. The van der Waals surface area contributed by atoms with E-state index >= 15 is 0 Å². The Balaban J connectivity index is 2.06. The summed E-state index contributed by atoms with van der Waals surface area (Å²) in [5, 5.41) is 4.09. The minimum atomic E-state index is -0.316. The van der Waals surface area contributed by atoms with Crippen molar-refractivity contribution in [1.82, 2.24) is 9.88 Å². The van der Waals surface area contributed by atoms with Crippen LogP contribution in [0.3, 0.4) is 0 Å². The van der Waals surface area contributed by atoms with Crippen molar-refractivity contribution in [2.24, 2.45) is 5.41 Å². The van der Waals surface area contributed by atoms with Crippen LogP contribution in [0.4, 0.5) is 0 Å². The van der Waals surface area contributed by atoms with Crippen molar-refractivity contribution in [2.75, 3.05) is 13.7 Å². The lowest BCUT2D eigenvalue weighted by atomic mass is 9.92. The van der Waals surface area contributed by atoms with E-state index in [1.807, 2.05) is 18.2 Å². The van der Waals surface area contributed by atoms with Gasteiger partial charge in [-0.05, 0) is 43.2 Å². The third-order valence-electron chi connectivity index (χ3n) is 5.76. The fraction of sp³-hybridized carbons (Fsp3) is 0.583. The van der Waals surface area contributed by atoms with Crippen LogP contribution < -0.4 is 10.1 Å². The zero-order valence-corrected chi connectivity index (χ0v) is 18.4. The fourth-order valence-electron chi connectivity index (χ4n) is 4.25. The maximum Gasteiger partial charge on any atom is 0.243 e. The monoisotopic (exact) mass is 398 g/mol. The highest BCUT2D eigenvalue weighted by molar-refractivity contribution is 6.10. The molecule has 1 aliphatic rings. The van der Waals surface area contributed by atoms with Crippen LogP contribution >= 0.6 is 0 Å². The van der Waals surface area contributed by atoms with Gasteiger partial charge in [0.05, 0.1) is 12.6 Å². The van der Waals surface area contributed by atoms with Gasteiger partial charge in [0.25, 0.3) is 0 Å². The summed E-state index contributed by atoms with van der Waals surface area (Å²) in [5.41, 5.74) is 2.91. The molecule has 0 saturated carbocycles. The van der Waals surface area contributed by atoms with Crippen molar-refractivity contribution in [3.63, 3.8) is 0 Å². The lowest BCUT2D eigenvalue weighted by Gasteiger charge is -2.25. The first kappa shape index (κ1) is 21.4. The number of amides is 1. The summed E-state index contributed by atoms with van der Waals surface area (Å²) in [5.74, 6) is 0.963. The van der Waals surface area contributed by atoms with Crippen LogP contribution in [0.5, 0.6) is 5.75 Å². The summed E-state index contributed by atoms with van der Waals surface area (Å²) in [6, 6.07) is 5.51. The van der Waals surface area contributed by atoms with Crippen LogP contribution in [0.25, 0.3) is 10.9 Å². The third kappa shape index (κ3) is 4.49. The molecule has 1 N–H and O–H groups in total. The molecule has 5 heteroatoms. The summed E-state index contributed by atoms with van der Waals surface area (Å²) < 4.78 is 7.57. The number of hydrogen-bond donors (Lipinski definition) is 1. The molecule has 2 aromatic rings. The third-order valence-corrected chi connectivity index (χ3v) is 5.76. The van der Waals surface area contributed by atoms with Gasteiger partial charge in [-0.25, -0.2) is 0 Å². The molecule has 1 heterocycles. The molecule has 5 nitrogen and oxygen atoms in total. The molecule has 1 aromatic carbocycles. The molecule has 1 unspecified atom stereocenters. The molecule has 158 valence electrons. The number of carbonyl (C=O) groups excluding carboxylic acids is 2. The number of aromatic nitrogens is 1. The van der Waals surface area contributed by atoms with Gasteiger partial charge < -0.3 is 14.6 Å². The van der Waals surface area contributed by atoms with Crippen molar-refractivity contribution < 1.29 is 14.3 Å². The molecule has 0 saturated heterocycles. The first-order valence-corrected chi connectivity index (χ1v) is 10.8. The van der Waals surface area contributed by atoms with Crippen molar-refractivity contribution in [3.05, 3.63) is 29.5 Å². The normalized spacial score (nSPS) is 15.3. The number of hydrogen-bond acceptors (Lipinski definition) is 3. The van der Waals surface area contributed by atoms with E-state index in [1.54, 1.807) is 7.11 Å². The molecule has 0 bridgehead atoms. The Morgan fingerprint density at radius 1 is 1.28 bits per heavy atom. The molecule has 3 rings (SSSR count). The minimum Gasteiger partial charge on any atom is -0.497 e. The molecule has 0 radical (unpaired) electrons. The standard InChI is InChI=1S/C24H34N2O3/c1-6-8-19(23(28)25-14-13-24(2,3)4)26-18-9-7-10-21(27)22(18)17-12-11-16(29-5)15-20(17)26/h11-12,15,19H,6-10,13-14H2,1-5H3,(H,25,28). The Morgan fingerprint density at radius 3 is 2.69 bits per heavy atom. The lowest BCUT2D eigenvalue weighted by molar-refractivity contribution is -0.124. The minimum absolute atomic E-state index is 0.0386. The highest BCUT2D eigenvalue weighted by atomic mass is 16.5. The highest BCUT2D eigenvalue weighted by Crippen LogP contribution is 2.37. The predicted molar refractivity (Wildman–Crippen MR) is 117 cm³/mol. The first-order valence-electron chi connectivity index (χ1n) is 10.8. The summed E-state index contributed by atoms with van der Waals surface area (Å²) in [7, 11) is 1.64. The van der Waals surface area contributed by atoms with E-state index in [1.165, 1.54) is 0 Å². The summed E-state index contributed by atoms with van der Waals surface area (Å²) in [4.78, 5) is 26.0. The van der Waals surface area contributed by atoms with Crippen LogP contribution in [-0.4, -0.2) is 29.9 Å². The second-order valence-corrected chi connectivity index (χ2v) is 9.26. The van der Waals surface area contributed by atoms with Gasteiger partial charge in [-0.15, -0.1) is 0 Å². The van der Waals surface area contributed by atoms with Crippen LogP contribution in [0.1, 0.15) is 81.9 Å². The van der Waals surface area contributed by atoms with E-state index in [0.29, 0.717) is 13.0 Å². The maximum atomic E-state index is 13.2. The van der Waals surface area contributed by atoms with E-state index in [0.717, 1.165) is 60.0 Å². The number of fused-ring (bicyclic) bond motifs is 3. The number of rotatable bonds is 7. The van der Waals surface area contributed by atoms with Crippen molar-refractivity contribution >= 4 is 22.6 Å². The first-order chi connectivity index (χ1) is 13.8. The van der Waals surface area contributed by atoms with Gasteiger partial charge >= 0.3 is 0 Å². The number of carbonyl (C=O) groups is 2. The van der Waals surface area contributed by atoms with Crippen molar-refractivity contribution in [2.45, 2.75) is 72.3 Å². The number of methoxy groups -OCH3 is 1. The van der Waals surface area contributed by atoms with Crippen LogP contribution in [0.15, 0.2) is 18.2 Å². The number of ether oxygens (including phenoxy) is 1. The second-order valence-electron chi connectivity index (χ2n) is 9.26. The molecular formula is C24H34N2O3. The Kier molecular flexibility index (Phi) is 6.35. The van der Waals surface area contributed by atoms with E-state index in [4.69, 9.17) is 4.74 Å². The van der Waals surface area contributed by atoms with E-state index < -0.39 is 0 Å². The van der Waals surface area contributed by atoms with Gasteiger partial charge in [0, 0.05) is 35.7 Å². The number of ketones is 1. The zero-order valence-electron chi connectivity index (χ0n) is 18.4. The topological polar surface area (TPSA) is 60.3 Å². The molecule has 1 aliphatic carbocycles. The largest absolute Gasteiger partial charge is 0.497 e. The SMILES string of the molecule is CCCC(C(=O)NCCC(C)(C)C)n1c2c(c3ccc(OC)cc31)C(=O)CCC2. The zero-order chi connectivity index (χ0) is 21.2. The Bertz CT molecular complexity index is 905. The molecule has 1 amide bonds. The Morgan fingerprint density at radius 2 is 2.03 bits per heavy atom. The molecule has 29 heavy (non-hydrogen) atoms.